The number of anilines is 2. The average Bonchev–Trinajstić information content (AvgIpc) is 2.25. The summed E-state index contributed by atoms with van der Waals surface area (Å²) in [5.41, 5.74) is 4.09. The molecule has 0 saturated carbocycles. The highest BCUT2D eigenvalue weighted by molar-refractivity contribution is 9.10. The van der Waals surface area contributed by atoms with E-state index in [0.29, 0.717) is 0 Å². The molecule has 4 heteroatoms. The van der Waals surface area contributed by atoms with E-state index in [-0.39, 0.29) is 0 Å². The maximum Gasteiger partial charge on any atom is 0.133 e. The van der Waals surface area contributed by atoms with E-state index < -0.39 is 0 Å². The standard InChI is InChI=1S/C13H14BrN3/c1-8-6-11(14)7-15-13(8)17-12-5-4-9(2)16-10(12)3/h4-7H,1-3H3,(H,15,17). The van der Waals surface area contributed by atoms with Crippen molar-refractivity contribution < 1.29 is 0 Å². The second kappa shape index (κ2) is 4.84. The Morgan fingerprint density at radius 3 is 2.59 bits per heavy atom. The summed E-state index contributed by atoms with van der Waals surface area (Å²) in [6.07, 6.45) is 1.78. The molecule has 1 N–H and O–H groups in total. The molecule has 17 heavy (non-hydrogen) atoms. The zero-order valence-corrected chi connectivity index (χ0v) is 11.7. The quantitative estimate of drug-likeness (QED) is 0.912. The number of pyridine rings is 2. The minimum absolute atomic E-state index is 0.863. The fraction of sp³-hybridized carbons (Fsp3) is 0.231. The highest BCUT2D eigenvalue weighted by Gasteiger charge is 2.04. The number of hydrogen-bond acceptors (Lipinski definition) is 3. The van der Waals surface area contributed by atoms with Crippen molar-refractivity contribution in [2.24, 2.45) is 0 Å². The molecule has 2 rings (SSSR count). The molecule has 2 heterocycles. The summed E-state index contributed by atoms with van der Waals surface area (Å²) in [5, 5.41) is 3.30. The molecule has 2 aromatic heterocycles. The molecule has 0 unspecified atom stereocenters. The Kier molecular flexibility index (Phi) is 3.43. The summed E-state index contributed by atoms with van der Waals surface area (Å²) >= 11 is 3.40. The Bertz CT molecular complexity index is 503. The maximum absolute atomic E-state index is 4.42. The molecular formula is C13H14BrN3. The van der Waals surface area contributed by atoms with Gasteiger partial charge in [0, 0.05) is 16.4 Å². The topological polar surface area (TPSA) is 37.8 Å². The van der Waals surface area contributed by atoms with E-state index in [0.717, 1.165) is 32.9 Å². The van der Waals surface area contributed by atoms with E-state index in [1.54, 1.807) is 6.20 Å². The molecule has 0 radical (unpaired) electrons. The van der Waals surface area contributed by atoms with Gasteiger partial charge in [0.1, 0.15) is 5.82 Å². The number of aromatic nitrogens is 2. The number of hydrogen-bond donors (Lipinski definition) is 1. The minimum Gasteiger partial charge on any atom is -0.339 e. The molecule has 0 bridgehead atoms. The van der Waals surface area contributed by atoms with Crippen LogP contribution in [0.4, 0.5) is 11.5 Å². The predicted molar refractivity (Wildman–Crippen MR) is 73.7 cm³/mol. The van der Waals surface area contributed by atoms with Gasteiger partial charge in [-0.15, -0.1) is 0 Å². The van der Waals surface area contributed by atoms with Gasteiger partial charge >= 0.3 is 0 Å². The van der Waals surface area contributed by atoms with Crippen molar-refractivity contribution in [3.63, 3.8) is 0 Å². The van der Waals surface area contributed by atoms with Crippen LogP contribution in [0.1, 0.15) is 17.0 Å². The van der Waals surface area contributed by atoms with Crippen LogP contribution in [0.5, 0.6) is 0 Å². The van der Waals surface area contributed by atoms with Crippen LogP contribution >= 0.6 is 15.9 Å². The highest BCUT2D eigenvalue weighted by atomic mass is 79.9. The van der Waals surface area contributed by atoms with Crippen LogP contribution in [0.25, 0.3) is 0 Å². The first-order chi connectivity index (χ1) is 8.06. The Balaban J connectivity index is 2.31. The van der Waals surface area contributed by atoms with Crippen LogP contribution < -0.4 is 5.32 Å². The van der Waals surface area contributed by atoms with Crippen LogP contribution in [0.15, 0.2) is 28.9 Å². The van der Waals surface area contributed by atoms with Gasteiger partial charge in [-0.2, -0.15) is 0 Å². The Morgan fingerprint density at radius 2 is 1.94 bits per heavy atom. The third kappa shape index (κ3) is 2.82. The summed E-state index contributed by atoms with van der Waals surface area (Å²) in [6.45, 7) is 6.00. The minimum atomic E-state index is 0.863. The van der Waals surface area contributed by atoms with Gasteiger partial charge in [-0.1, -0.05) is 0 Å². The van der Waals surface area contributed by atoms with Crippen LogP contribution in [0, 0.1) is 20.8 Å². The summed E-state index contributed by atoms with van der Waals surface area (Å²) in [6, 6.07) is 6.05. The lowest BCUT2D eigenvalue weighted by atomic mass is 10.2. The van der Waals surface area contributed by atoms with Crippen LogP contribution in [-0.4, -0.2) is 9.97 Å². The van der Waals surface area contributed by atoms with Crippen molar-refractivity contribution in [2.75, 3.05) is 5.32 Å². The third-order valence-corrected chi connectivity index (χ3v) is 2.96. The first-order valence-corrected chi connectivity index (χ1v) is 6.19. The van der Waals surface area contributed by atoms with Crippen molar-refractivity contribution in [3.8, 4) is 0 Å². The molecule has 0 amide bonds. The van der Waals surface area contributed by atoms with E-state index in [9.17, 15) is 0 Å². The molecule has 0 aliphatic carbocycles. The largest absolute Gasteiger partial charge is 0.339 e. The molecule has 88 valence electrons. The van der Waals surface area contributed by atoms with Gasteiger partial charge in [0.05, 0.1) is 11.4 Å². The SMILES string of the molecule is Cc1ccc(Nc2ncc(Br)cc2C)c(C)n1. The van der Waals surface area contributed by atoms with Gasteiger partial charge in [-0.3, -0.25) is 4.98 Å². The Labute approximate surface area is 109 Å². The average molecular weight is 292 g/mol. The first kappa shape index (κ1) is 12.0. The smallest absolute Gasteiger partial charge is 0.133 e. The lowest BCUT2D eigenvalue weighted by Crippen LogP contribution is -2.00. The van der Waals surface area contributed by atoms with Gasteiger partial charge in [0.15, 0.2) is 0 Å². The summed E-state index contributed by atoms with van der Waals surface area (Å²) < 4.78 is 0.985. The van der Waals surface area contributed by atoms with Gasteiger partial charge in [-0.25, -0.2) is 4.98 Å². The van der Waals surface area contributed by atoms with Crippen LogP contribution in [-0.2, 0) is 0 Å². The predicted octanol–water partition coefficient (Wildman–Crippen LogP) is 3.91. The van der Waals surface area contributed by atoms with Crippen molar-refractivity contribution >= 4 is 27.4 Å². The van der Waals surface area contributed by atoms with Gasteiger partial charge in [0.25, 0.3) is 0 Å². The summed E-state index contributed by atoms with van der Waals surface area (Å²) in [7, 11) is 0. The molecular weight excluding hydrogens is 278 g/mol. The highest BCUT2D eigenvalue weighted by Crippen LogP contribution is 2.22. The zero-order valence-electron chi connectivity index (χ0n) is 10.1. The second-order valence-corrected chi connectivity index (χ2v) is 4.95. The van der Waals surface area contributed by atoms with E-state index >= 15 is 0 Å². The number of rotatable bonds is 2. The molecule has 0 fully saturated rings. The lowest BCUT2D eigenvalue weighted by molar-refractivity contribution is 1.12. The number of halogens is 1. The third-order valence-electron chi connectivity index (χ3n) is 2.52. The van der Waals surface area contributed by atoms with Crippen molar-refractivity contribution in [3.05, 3.63) is 45.8 Å². The molecule has 0 aliphatic rings. The molecule has 0 aliphatic heterocycles. The fourth-order valence-corrected chi connectivity index (χ4v) is 2.06. The Morgan fingerprint density at radius 1 is 1.18 bits per heavy atom. The fourth-order valence-electron chi connectivity index (χ4n) is 1.62. The van der Waals surface area contributed by atoms with E-state index in [2.05, 4.69) is 31.2 Å². The van der Waals surface area contributed by atoms with Gasteiger partial charge in [0.2, 0.25) is 0 Å². The number of nitrogens with zero attached hydrogens (tertiary/aromatic N) is 2. The van der Waals surface area contributed by atoms with Crippen molar-refractivity contribution in [2.45, 2.75) is 20.8 Å². The Hall–Kier alpha value is -1.42. The number of nitrogens with one attached hydrogen (secondary N) is 1. The maximum atomic E-state index is 4.42. The number of aryl methyl sites for hydroxylation is 3. The van der Waals surface area contributed by atoms with Crippen molar-refractivity contribution in [1.82, 2.24) is 9.97 Å². The summed E-state index contributed by atoms with van der Waals surface area (Å²) in [5.74, 6) is 0.863. The van der Waals surface area contributed by atoms with E-state index in [4.69, 9.17) is 0 Å². The van der Waals surface area contributed by atoms with Crippen LogP contribution in [0.3, 0.4) is 0 Å². The second-order valence-electron chi connectivity index (χ2n) is 4.03. The lowest BCUT2D eigenvalue weighted by Gasteiger charge is -2.11. The van der Waals surface area contributed by atoms with Gasteiger partial charge in [-0.05, 0) is 60.5 Å². The van der Waals surface area contributed by atoms with E-state index in [1.807, 2.05) is 39.0 Å². The molecule has 2 aromatic rings. The normalized spacial score (nSPS) is 10.4. The van der Waals surface area contributed by atoms with Crippen LogP contribution in [0.2, 0.25) is 0 Å². The van der Waals surface area contributed by atoms with E-state index in [1.165, 1.54) is 0 Å². The monoisotopic (exact) mass is 291 g/mol. The molecule has 0 aromatic carbocycles. The zero-order chi connectivity index (χ0) is 12.4. The molecule has 0 atom stereocenters. The first-order valence-electron chi connectivity index (χ1n) is 5.39. The molecule has 0 spiro atoms. The molecule has 0 saturated heterocycles. The van der Waals surface area contributed by atoms with Gasteiger partial charge < -0.3 is 5.32 Å². The van der Waals surface area contributed by atoms with Crippen molar-refractivity contribution in [1.29, 1.82) is 0 Å². The molecule has 3 nitrogen and oxygen atoms in total. The summed E-state index contributed by atoms with van der Waals surface area (Å²) in [4.78, 5) is 8.77.